The Morgan fingerprint density at radius 1 is 1.21 bits per heavy atom. The van der Waals surface area contributed by atoms with E-state index in [1.165, 1.54) is 12.1 Å². The van der Waals surface area contributed by atoms with E-state index in [0.717, 1.165) is 37.3 Å². The van der Waals surface area contributed by atoms with Gasteiger partial charge in [0.1, 0.15) is 5.54 Å². The zero-order valence-corrected chi connectivity index (χ0v) is 17.3. The molecular weight excluding hydrogens is 379 g/mol. The summed E-state index contributed by atoms with van der Waals surface area (Å²) in [5.74, 6) is 0.00867. The lowest BCUT2D eigenvalue weighted by Crippen LogP contribution is -2.40. The number of aromatic nitrogens is 2. The van der Waals surface area contributed by atoms with Gasteiger partial charge in [-0.1, -0.05) is 26.7 Å². The van der Waals surface area contributed by atoms with Crippen molar-refractivity contribution in [3.63, 3.8) is 0 Å². The first-order chi connectivity index (χ1) is 13.5. The minimum Gasteiger partial charge on any atom is -0.324 e. The number of carbonyl (C=O) groups is 1. The summed E-state index contributed by atoms with van der Waals surface area (Å²) in [4.78, 5) is 13.1. The maximum absolute atomic E-state index is 13.2. The molecule has 1 N–H and O–H groups in total. The number of nitrogens with one attached hydrogen (secondary N) is 1. The van der Waals surface area contributed by atoms with Gasteiger partial charge in [-0.3, -0.25) is 9.48 Å². The van der Waals surface area contributed by atoms with E-state index >= 15 is 0 Å². The Morgan fingerprint density at radius 3 is 2.41 bits per heavy atom. The molecule has 2 aromatic rings. The summed E-state index contributed by atoms with van der Waals surface area (Å²) >= 11 is 0. The van der Waals surface area contributed by atoms with Crippen LogP contribution >= 0.6 is 0 Å². The third-order valence-corrected chi connectivity index (χ3v) is 5.82. The molecule has 1 aliphatic rings. The number of carbonyl (C=O) groups excluding carboxylic acids is 1. The average Bonchev–Trinajstić information content (AvgIpc) is 3.33. The highest BCUT2D eigenvalue weighted by molar-refractivity contribution is 5.96. The highest BCUT2D eigenvalue weighted by Gasteiger charge is 2.35. The minimum absolute atomic E-state index is 0.0351. The number of hydrogen-bond acceptors (Lipinski definition) is 2. The van der Waals surface area contributed by atoms with E-state index in [1.807, 2.05) is 20.0 Å². The van der Waals surface area contributed by atoms with Gasteiger partial charge in [0.25, 0.3) is 5.91 Å². The lowest BCUT2D eigenvalue weighted by Gasteiger charge is -2.26. The number of anilines is 1. The van der Waals surface area contributed by atoms with Crippen molar-refractivity contribution in [1.29, 1.82) is 0 Å². The fourth-order valence-electron chi connectivity index (χ4n) is 3.75. The normalized spacial score (nSPS) is 15.9. The van der Waals surface area contributed by atoms with Gasteiger partial charge in [0, 0.05) is 11.9 Å². The number of amides is 1. The lowest BCUT2D eigenvalue weighted by molar-refractivity contribution is -0.137. The second-order valence-electron chi connectivity index (χ2n) is 8.67. The minimum atomic E-state index is -4.41. The van der Waals surface area contributed by atoms with Gasteiger partial charge in [-0.05, 0) is 67.9 Å². The van der Waals surface area contributed by atoms with Gasteiger partial charge in [-0.15, -0.1) is 0 Å². The molecule has 1 fully saturated rings. The standard InChI is InChI=1S/C22H28F3N3O/c1-14(2)16-12-26-28(13-16)21(3,4)20(29)27-19-10-9-17(22(23,24)25)11-18(19)15-7-5-6-8-15/h9-15H,5-8H2,1-4H3,(H,27,29). The molecule has 4 nitrogen and oxygen atoms in total. The van der Waals surface area contributed by atoms with Crippen LogP contribution in [0.2, 0.25) is 0 Å². The lowest BCUT2D eigenvalue weighted by atomic mass is 9.93. The molecule has 1 aromatic carbocycles. The third-order valence-electron chi connectivity index (χ3n) is 5.82. The van der Waals surface area contributed by atoms with Gasteiger partial charge in [-0.2, -0.15) is 18.3 Å². The fraction of sp³-hybridized carbons (Fsp3) is 0.545. The van der Waals surface area contributed by atoms with Crippen molar-refractivity contribution in [2.45, 2.75) is 76.9 Å². The molecular formula is C22H28F3N3O. The summed E-state index contributed by atoms with van der Waals surface area (Å²) in [6.07, 6.45) is 2.83. The Kier molecular flexibility index (Phi) is 5.79. The molecule has 7 heteroatoms. The second-order valence-corrected chi connectivity index (χ2v) is 8.67. The SMILES string of the molecule is CC(C)c1cnn(C(C)(C)C(=O)Nc2ccc(C(F)(F)F)cc2C2CCCC2)c1. The number of alkyl halides is 3. The number of hydrogen-bond donors (Lipinski definition) is 1. The first-order valence-corrected chi connectivity index (χ1v) is 10.1. The van der Waals surface area contributed by atoms with Crippen LogP contribution in [0.5, 0.6) is 0 Å². The van der Waals surface area contributed by atoms with Gasteiger partial charge >= 0.3 is 6.18 Å². The molecule has 29 heavy (non-hydrogen) atoms. The molecule has 158 valence electrons. The first-order valence-electron chi connectivity index (χ1n) is 10.1. The largest absolute Gasteiger partial charge is 0.416 e. The Labute approximate surface area is 169 Å². The maximum atomic E-state index is 13.2. The molecule has 0 spiro atoms. The van der Waals surface area contributed by atoms with Crippen LogP contribution in [0, 0.1) is 0 Å². The van der Waals surface area contributed by atoms with Crippen LogP contribution in [0.15, 0.2) is 30.6 Å². The predicted molar refractivity (Wildman–Crippen MR) is 107 cm³/mol. The molecule has 3 rings (SSSR count). The molecule has 1 amide bonds. The highest BCUT2D eigenvalue weighted by Crippen LogP contribution is 2.41. The van der Waals surface area contributed by atoms with Crippen LogP contribution in [0.4, 0.5) is 18.9 Å². The average molecular weight is 407 g/mol. The molecule has 0 unspecified atom stereocenters. The molecule has 0 radical (unpaired) electrons. The van der Waals surface area contributed by atoms with Crippen LogP contribution in [-0.4, -0.2) is 15.7 Å². The topological polar surface area (TPSA) is 46.9 Å². The van der Waals surface area contributed by atoms with E-state index < -0.39 is 17.3 Å². The van der Waals surface area contributed by atoms with Gasteiger partial charge in [-0.25, -0.2) is 0 Å². The van der Waals surface area contributed by atoms with Gasteiger partial charge in [0.15, 0.2) is 0 Å². The summed E-state index contributed by atoms with van der Waals surface area (Å²) in [5.41, 5.74) is 0.393. The Balaban J connectivity index is 1.90. The highest BCUT2D eigenvalue weighted by atomic mass is 19.4. The Bertz CT molecular complexity index is 878. The van der Waals surface area contributed by atoms with Crippen LogP contribution in [0.3, 0.4) is 0 Å². The monoisotopic (exact) mass is 407 g/mol. The van der Waals surface area contributed by atoms with Crippen molar-refractivity contribution < 1.29 is 18.0 Å². The predicted octanol–water partition coefficient (Wildman–Crippen LogP) is 6.06. The van der Waals surface area contributed by atoms with E-state index in [0.29, 0.717) is 11.3 Å². The zero-order chi connectivity index (χ0) is 21.4. The summed E-state index contributed by atoms with van der Waals surface area (Å²) in [5, 5.41) is 7.20. The van der Waals surface area contributed by atoms with E-state index in [9.17, 15) is 18.0 Å². The number of nitrogens with zero attached hydrogens (tertiary/aromatic N) is 2. The molecule has 1 aromatic heterocycles. The van der Waals surface area contributed by atoms with Crippen molar-refractivity contribution in [2.24, 2.45) is 0 Å². The van der Waals surface area contributed by atoms with E-state index in [2.05, 4.69) is 10.4 Å². The van der Waals surface area contributed by atoms with Gasteiger partial charge in [0.2, 0.25) is 0 Å². The molecule has 0 atom stereocenters. The fourth-order valence-corrected chi connectivity index (χ4v) is 3.75. The molecule has 0 bridgehead atoms. The van der Waals surface area contributed by atoms with Crippen LogP contribution in [-0.2, 0) is 16.5 Å². The Hall–Kier alpha value is -2.31. The van der Waals surface area contributed by atoms with Crippen molar-refractivity contribution in [3.8, 4) is 0 Å². The second kappa shape index (κ2) is 7.84. The summed E-state index contributed by atoms with van der Waals surface area (Å²) in [6, 6.07) is 3.61. The first kappa shape index (κ1) is 21.4. The van der Waals surface area contributed by atoms with E-state index in [4.69, 9.17) is 0 Å². The molecule has 1 saturated carbocycles. The summed E-state index contributed by atoms with van der Waals surface area (Å²) in [6.45, 7) is 7.59. The molecule has 0 aliphatic heterocycles. The van der Waals surface area contributed by atoms with Crippen LogP contribution in [0.1, 0.15) is 81.9 Å². The smallest absolute Gasteiger partial charge is 0.324 e. The molecule has 1 aliphatic carbocycles. The van der Waals surface area contributed by atoms with Crippen molar-refractivity contribution in [1.82, 2.24) is 9.78 Å². The quantitative estimate of drug-likeness (QED) is 0.655. The number of halogens is 3. The summed E-state index contributed by atoms with van der Waals surface area (Å²) in [7, 11) is 0. The van der Waals surface area contributed by atoms with Crippen molar-refractivity contribution in [2.75, 3.05) is 5.32 Å². The Morgan fingerprint density at radius 2 is 1.86 bits per heavy atom. The number of benzene rings is 1. The van der Waals surface area contributed by atoms with Crippen LogP contribution in [0.25, 0.3) is 0 Å². The van der Waals surface area contributed by atoms with E-state index in [-0.39, 0.29) is 17.7 Å². The van der Waals surface area contributed by atoms with Crippen molar-refractivity contribution in [3.05, 3.63) is 47.3 Å². The van der Waals surface area contributed by atoms with Gasteiger partial charge in [0.05, 0.1) is 11.8 Å². The number of rotatable bonds is 5. The third kappa shape index (κ3) is 4.49. The molecule has 0 saturated heterocycles. The summed E-state index contributed by atoms with van der Waals surface area (Å²) < 4.78 is 41.3. The maximum Gasteiger partial charge on any atom is 0.416 e. The molecule has 1 heterocycles. The van der Waals surface area contributed by atoms with Crippen molar-refractivity contribution >= 4 is 11.6 Å². The van der Waals surface area contributed by atoms with Gasteiger partial charge < -0.3 is 5.32 Å². The van der Waals surface area contributed by atoms with Crippen LogP contribution < -0.4 is 5.32 Å². The zero-order valence-electron chi connectivity index (χ0n) is 17.3. The van der Waals surface area contributed by atoms with E-state index in [1.54, 1.807) is 24.7 Å².